The highest BCUT2D eigenvalue weighted by molar-refractivity contribution is 5.78. The number of hydrogen-bond acceptors (Lipinski definition) is 8. The maximum Gasteiger partial charge on any atom is 0.228 e. The van der Waals surface area contributed by atoms with E-state index in [1.165, 1.54) is 11.1 Å². The van der Waals surface area contributed by atoms with Crippen LogP contribution in [0.2, 0.25) is 0 Å². The molecule has 1 saturated heterocycles. The van der Waals surface area contributed by atoms with E-state index in [1.807, 2.05) is 36.8 Å². The van der Waals surface area contributed by atoms with Crippen molar-refractivity contribution >= 4 is 23.2 Å². The van der Waals surface area contributed by atoms with E-state index in [2.05, 4.69) is 62.0 Å². The van der Waals surface area contributed by atoms with Crippen LogP contribution in [-0.2, 0) is 17.6 Å². The molecular formula is C30H31N7O. The fraction of sp³-hybridized carbons (Fsp3) is 0.267. The summed E-state index contributed by atoms with van der Waals surface area (Å²) in [7, 11) is 0. The van der Waals surface area contributed by atoms with Crippen molar-refractivity contribution < 1.29 is 4.74 Å². The maximum absolute atomic E-state index is 5.59. The Bertz CT molecular complexity index is 1410. The second-order valence-corrected chi connectivity index (χ2v) is 9.48. The molecule has 3 aromatic heterocycles. The number of pyridine rings is 2. The van der Waals surface area contributed by atoms with Gasteiger partial charge < -0.3 is 19.9 Å². The minimum absolute atomic E-state index is 0.683. The van der Waals surface area contributed by atoms with E-state index in [-0.39, 0.29) is 0 Å². The minimum Gasteiger partial charge on any atom is -0.385 e. The van der Waals surface area contributed by atoms with Crippen molar-refractivity contribution in [3.8, 4) is 11.3 Å². The zero-order valence-corrected chi connectivity index (χ0v) is 21.4. The summed E-state index contributed by atoms with van der Waals surface area (Å²) < 4.78 is 5.59. The lowest BCUT2D eigenvalue weighted by atomic mass is 10.0. The summed E-state index contributed by atoms with van der Waals surface area (Å²) in [6.07, 6.45) is 9.14. The molecule has 0 radical (unpaired) electrons. The number of nitrogens with zero attached hydrogens (tertiary/aromatic N) is 6. The Labute approximate surface area is 223 Å². The summed E-state index contributed by atoms with van der Waals surface area (Å²) in [6.45, 7) is 8.89. The van der Waals surface area contributed by atoms with E-state index >= 15 is 0 Å². The van der Waals surface area contributed by atoms with Gasteiger partial charge in [0.05, 0.1) is 30.8 Å². The molecule has 0 amide bonds. The number of aromatic nitrogens is 4. The molecule has 0 atom stereocenters. The zero-order chi connectivity index (χ0) is 25.7. The first kappa shape index (κ1) is 24.1. The summed E-state index contributed by atoms with van der Waals surface area (Å²) in [6, 6.07) is 16.6. The van der Waals surface area contributed by atoms with Gasteiger partial charge in [0.1, 0.15) is 5.82 Å². The lowest BCUT2D eigenvalue weighted by Crippen LogP contribution is -2.37. The lowest BCUT2D eigenvalue weighted by molar-refractivity contribution is 0.122. The molecule has 1 N–H and O–H groups in total. The normalized spacial score (nSPS) is 14.8. The number of morpholine rings is 1. The molecule has 0 spiro atoms. The molecule has 4 aromatic rings. The van der Waals surface area contributed by atoms with Crippen LogP contribution < -0.4 is 15.1 Å². The Morgan fingerprint density at radius 1 is 0.947 bits per heavy atom. The first-order chi connectivity index (χ1) is 18.8. The molecule has 5 heterocycles. The predicted octanol–water partition coefficient (Wildman–Crippen LogP) is 4.27. The number of ether oxygens (including phenoxy) is 1. The summed E-state index contributed by atoms with van der Waals surface area (Å²) in [5, 5.41) is 3.49. The van der Waals surface area contributed by atoms with Gasteiger partial charge in [-0.15, -0.1) is 0 Å². The summed E-state index contributed by atoms with van der Waals surface area (Å²) in [5.74, 6) is 1.71. The van der Waals surface area contributed by atoms with Crippen LogP contribution >= 0.6 is 0 Å². The van der Waals surface area contributed by atoms with Gasteiger partial charge in [0.15, 0.2) is 0 Å². The minimum atomic E-state index is 0.683. The van der Waals surface area contributed by atoms with Gasteiger partial charge in [0, 0.05) is 61.6 Å². The molecule has 6 rings (SSSR count). The number of nitrogens with one attached hydrogen (secondary N) is 1. The fourth-order valence-electron chi connectivity index (χ4n) is 5.02. The van der Waals surface area contributed by atoms with Crippen LogP contribution in [0, 0.1) is 0 Å². The molecule has 0 saturated carbocycles. The van der Waals surface area contributed by atoms with E-state index in [4.69, 9.17) is 14.7 Å². The highest BCUT2D eigenvalue weighted by Gasteiger charge is 2.29. The highest BCUT2D eigenvalue weighted by atomic mass is 16.5. The van der Waals surface area contributed by atoms with Crippen LogP contribution in [0.15, 0.2) is 79.9 Å². The van der Waals surface area contributed by atoms with E-state index < -0.39 is 0 Å². The number of rotatable bonds is 8. The second kappa shape index (κ2) is 11.0. The molecule has 8 heteroatoms. The molecule has 8 nitrogen and oxygen atoms in total. The van der Waals surface area contributed by atoms with Gasteiger partial charge in [0.2, 0.25) is 5.95 Å². The molecule has 2 aliphatic rings. The van der Waals surface area contributed by atoms with E-state index in [1.54, 1.807) is 6.20 Å². The Hall–Kier alpha value is -4.30. The molecule has 192 valence electrons. The second-order valence-electron chi connectivity index (χ2n) is 9.48. The highest BCUT2D eigenvalue weighted by Crippen LogP contribution is 2.39. The number of hydrogen-bond donors (Lipinski definition) is 1. The van der Waals surface area contributed by atoms with Crippen LogP contribution in [0.5, 0.6) is 0 Å². The predicted molar refractivity (Wildman–Crippen MR) is 150 cm³/mol. The SMILES string of the molecule is C=C(NCCc1ccncc1)c1cccc(-c2nc(N3CCOCC3)nc3c2CCN3c2cccnc2)c1. The van der Waals surface area contributed by atoms with Crippen molar-refractivity contribution in [2.75, 3.05) is 49.2 Å². The topological polar surface area (TPSA) is 79.3 Å². The maximum atomic E-state index is 5.59. The molecule has 38 heavy (non-hydrogen) atoms. The van der Waals surface area contributed by atoms with Gasteiger partial charge in [-0.2, -0.15) is 4.98 Å². The van der Waals surface area contributed by atoms with Crippen molar-refractivity contribution in [2.24, 2.45) is 0 Å². The van der Waals surface area contributed by atoms with Gasteiger partial charge in [-0.1, -0.05) is 24.8 Å². The van der Waals surface area contributed by atoms with Crippen LogP contribution in [0.25, 0.3) is 17.0 Å². The average molecular weight is 506 g/mol. The van der Waals surface area contributed by atoms with Crippen molar-refractivity contribution in [2.45, 2.75) is 12.8 Å². The van der Waals surface area contributed by atoms with Gasteiger partial charge in [-0.25, -0.2) is 4.98 Å². The van der Waals surface area contributed by atoms with E-state index in [9.17, 15) is 0 Å². The Morgan fingerprint density at radius 3 is 2.63 bits per heavy atom. The third-order valence-electron chi connectivity index (χ3n) is 7.05. The van der Waals surface area contributed by atoms with Crippen LogP contribution in [0.4, 0.5) is 17.5 Å². The summed E-state index contributed by atoms with van der Waals surface area (Å²) >= 11 is 0. The largest absolute Gasteiger partial charge is 0.385 e. The monoisotopic (exact) mass is 505 g/mol. The lowest BCUT2D eigenvalue weighted by Gasteiger charge is -2.28. The van der Waals surface area contributed by atoms with E-state index in [0.717, 1.165) is 79.0 Å². The standard InChI is InChI=1S/C30H31N7O/c1-22(33-14-9-23-7-12-31-13-8-23)24-4-2-5-25(20-24)28-27-10-15-37(26-6-3-11-32-21-26)29(27)35-30(34-28)36-16-18-38-19-17-36/h2-8,11-13,20-21,33H,1,9-10,14-19H2. The quantitative estimate of drug-likeness (QED) is 0.380. The first-order valence-corrected chi connectivity index (χ1v) is 13.1. The van der Waals surface area contributed by atoms with Crippen molar-refractivity contribution in [1.29, 1.82) is 0 Å². The number of anilines is 3. The van der Waals surface area contributed by atoms with Crippen molar-refractivity contribution in [1.82, 2.24) is 25.3 Å². The molecule has 0 bridgehead atoms. The third kappa shape index (κ3) is 5.08. The molecule has 1 aromatic carbocycles. The fourth-order valence-corrected chi connectivity index (χ4v) is 5.02. The zero-order valence-electron chi connectivity index (χ0n) is 21.4. The van der Waals surface area contributed by atoms with Crippen LogP contribution in [0.1, 0.15) is 16.7 Å². The Balaban J connectivity index is 1.31. The third-order valence-corrected chi connectivity index (χ3v) is 7.05. The summed E-state index contributed by atoms with van der Waals surface area (Å²) in [4.78, 5) is 23.1. The van der Waals surface area contributed by atoms with Crippen molar-refractivity contribution in [3.05, 3.63) is 96.6 Å². The first-order valence-electron chi connectivity index (χ1n) is 13.1. The molecule has 1 fully saturated rings. The molecular weight excluding hydrogens is 474 g/mol. The molecule has 2 aliphatic heterocycles. The smallest absolute Gasteiger partial charge is 0.228 e. The van der Waals surface area contributed by atoms with Gasteiger partial charge in [0.25, 0.3) is 0 Å². The van der Waals surface area contributed by atoms with Gasteiger partial charge in [-0.05, 0) is 54.3 Å². The van der Waals surface area contributed by atoms with Crippen molar-refractivity contribution in [3.63, 3.8) is 0 Å². The average Bonchev–Trinajstić information content (AvgIpc) is 3.42. The summed E-state index contributed by atoms with van der Waals surface area (Å²) in [5.41, 5.74) is 7.47. The van der Waals surface area contributed by atoms with Gasteiger partial charge in [-0.3, -0.25) is 9.97 Å². The van der Waals surface area contributed by atoms with Crippen LogP contribution in [0.3, 0.4) is 0 Å². The molecule has 0 aliphatic carbocycles. The Morgan fingerprint density at radius 2 is 1.82 bits per heavy atom. The van der Waals surface area contributed by atoms with Crippen LogP contribution in [-0.4, -0.2) is 59.3 Å². The molecule has 0 unspecified atom stereocenters. The number of benzene rings is 1. The number of fused-ring (bicyclic) bond motifs is 1. The van der Waals surface area contributed by atoms with Gasteiger partial charge >= 0.3 is 0 Å². The van der Waals surface area contributed by atoms with E-state index in [0.29, 0.717) is 13.2 Å². The Kier molecular flexibility index (Phi) is 6.95.